The minimum atomic E-state index is -0.101. The molecule has 0 unspecified atom stereocenters. The van der Waals surface area contributed by atoms with Gasteiger partial charge in [0.1, 0.15) is 17.7 Å². The van der Waals surface area contributed by atoms with E-state index < -0.39 is 0 Å². The van der Waals surface area contributed by atoms with E-state index in [1.807, 2.05) is 25.1 Å². The molecule has 0 aliphatic carbocycles. The SMILES string of the molecule is COCc1cc(N2CCC(Oc3ncccc3C)CC2)nc(C(C)(C)C)n1. The van der Waals surface area contributed by atoms with Gasteiger partial charge >= 0.3 is 0 Å². The molecule has 0 radical (unpaired) electrons. The number of piperidine rings is 1. The van der Waals surface area contributed by atoms with Crippen LogP contribution >= 0.6 is 0 Å². The average molecular weight is 370 g/mol. The predicted octanol–water partition coefficient (Wildman–Crippen LogP) is 3.67. The van der Waals surface area contributed by atoms with E-state index >= 15 is 0 Å². The maximum absolute atomic E-state index is 6.12. The van der Waals surface area contributed by atoms with Crippen molar-refractivity contribution < 1.29 is 9.47 Å². The van der Waals surface area contributed by atoms with Crippen LogP contribution in [0.3, 0.4) is 0 Å². The zero-order valence-electron chi connectivity index (χ0n) is 17.0. The maximum Gasteiger partial charge on any atom is 0.216 e. The number of anilines is 1. The Labute approximate surface area is 162 Å². The van der Waals surface area contributed by atoms with Crippen molar-refractivity contribution >= 4 is 5.82 Å². The van der Waals surface area contributed by atoms with Crippen molar-refractivity contribution in [2.24, 2.45) is 0 Å². The van der Waals surface area contributed by atoms with E-state index in [1.54, 1.807) is 13.3 Å². The summed E-state index contributed by atoms with van der Waals surface area (Å²) in [4.78, 5) is 16.2. The van der Waals surface area contributed by atoms with Gasteiger partial charge in [-0.05, 0) is 13.0 Å². The molecule has 6 heteroatoms. The second-order valence-corrected chi connectivity index (χ2v) is 8.15. The number of hydrogen-bond acceptors (Lipinski definition) is 6. The molecule has 2 aromatic rings. The molecule has 0 atom stereocenters. The van der Waals surface area contributed by atoms with Crippen molar-refractivity contribution in [2.45, 2.75) is 58.7 Å². The molecule has 146 valence electrons. The van der Waals surface area contributed by atoms with Gasteiger partial charge in [-0.2, -0.15) is 0 Å². The van der Waals surface area contributed by atoms with Crippen molar-refractivity contribution in [3.8, 4) is 5.88 Å². The van der Waals surface area contributed by atoms with Gasteiger partial charge in [-0.15, -0.1) is 0 Å². The Morgan fingerprint density at radius 3 is 2.56 bits per heavy atom. The van der Waals surface area contributed by atoms with E-state index in [0.717, 1.165) is 54.7 Å². The van der Waals surface area contributed by atoms with Gasteiger partial charge in [0.2, 0.25) is 5.88 Å². The summed E-state index contributed by atoms with van der Waals surface area (Å²) < 4.78 is 11.4. The molecule has 0 N–H and O–H groups in total. The number of aryl methyl sites for hydroxylation is 1. The first-order valence-corrected chi connectivity index (χ1v) is 9.57. The van der Waals surface area contributed by atoms with Gasteiger partial charge in [0.15, 0.2) is 0 Å². The molecule has 1 aliphatic heterocycles. The lowest BCUT2D eigenvalue weighted by molar-refractivity contribution is 0.162. The largest absolute Gasteiger partial charge is 0.474 e. The Hall–Kier alpha value is -2.21. The number of aromatic nitrogens is 3. The van der Waals surface area contributed by atoms with Gasteiger partial charge in [-0.1, -0.05) is 26.8 Å². The fourth-order valence-electron chi connectivity index (χ4n) is 3.16. The Morgan fingerprint density at radius 1 is 1.19 bits per heavy atom. The van der Waals surface area contributed by atoms with Gasteiger partial charge in [0.25, 0.3) is 0 Å². The Kier molecular flexibility index (Phi) is 5.95. The number of methoxy groups -OCH3 is 1. The van der Waals surface area contributed by atoms with Crippen LogP contribution in [0.5, 0.6) is 5.88 Å². The number of pyridine rings is 1. The smallest absolute Gasteiger partial charge is 0.216 e. The molecule has 6 nitrogen and oxygen atoms in total. The Bertz CT molecular complexity index is 765. The molecule has 3 heterocycles. The van der Waals surface area contributed by atoms with E-state index in [2.05, 4.69) is 35.6 Å². The van der Waals surface area contributed by atoms with Crippen LogP contribution in [0.2, 0.25) is 0 Å². The normalized spacial score (nSPS) is 15.8. The maximum atomic E-state index is 6.12. The topological polar surface area (TPSA) is 60.4 Å². The fraction of sp³-hybridized carbons (Fsp3) is 0.571. The molecular weight excluding hydrogens is 340 g/mol. The summed E-state index contributed by atoms with van der Waals surface area (Å²) in [5.41, 5.74) is 1.90. The monoisotopic (exact) mass is 370 g/mol. The summed E-state index contributed by atoms with van der Waals surface area (Å²) in [6, 6.07) is 6.01. The third-order valence-corrected chi connectivity index (χ3v) is 4.73. The molecule has 0 spiro atoms. The van der Waals surface area contributed by atoms with Gasteiger partial charge in [-0.3, -0.25) is 0 Å². The second kappa shape index (κ2) is 8.21. The molecule has 0 bridgehead atoms. The second-order valence-electron chi connectivity index (χ2n) is 8.15. The standard InChI is InChI=1S/C21H30N4O2/c1-15-7-6-10-22-19(15)27-17-8-11-25(12-9-17)18-13-16(14-26-5)23-20(24-18)21(2,3)4/h6-7,10,13,17H,8-9,11-12,14H2,1-5H3. The van der Waals surface area contributed by atoms with Crippen molar-refractivity contribution in [2.75, 3.05) is 25.1 Å². The third kappa shape index (κ3) is 4.95. The first-order valence-electron chi connectivity index (χ1n) is 9.57. The van der Waals surface area contributed by atoms with E-state index in [0.29, 0.717) is 6.61 Å². The highest BCUT2D eigenvalue weighted by atomic mass is 16.5. The van der Waals surface area contributed by atoms with E-state index in [4.69, 9.17) is 14.5 Å². The van der Waals surface area contributed by atoms with Gasteiger partial charge < -0.3 is 14.4 Å². The zero-order valence-corrected chi connectivity index (χ0v) is 17.0. The first-order chi connectivity index (χ1) is 12.9. The highest BCUT2D eigenvalue weighted by Gasteiger charge is 2.25. The Morgan fingerprint density at radius 2 is 1.93 bits per heavy atom. The van der Waals surface area contributed by atoms with Crippen LogP contribution in [0.1, 0.15) is 50.7 Å². The first kappa shape index (κ1) is 19.5. The van der Waals surface area contributed by atoms with Crippen LogP contribution in [0, 0.1) is 6.92 Å². The molecule has 0 amide bonds. The lowest BCUT2D eigenvalue weighted by atomic mass is 9.95. The molecule has 1 aliphatic rings. The zero-order chi connectivity index (χ0) is 19.4. The molecule has 27 heavy (non-hydrogen) atoms. The van der Waals surface area contributed by atoms with Crippen molar-refractivity contribution in [3.05, 3.63) is 41.5 Å². The molecule has 1 saturated heterocycles. The van der Waals surface area contributed by atoms with Gasteiger partial charge in [-0.25, -0.2) is 15.0 Å². The molecule has 1 fully saturated rings. The minimum Gasteiger partial charge on any atom is -0.474 e. The number of hydrogen-bond donors (Lipinski definition) is 0. The van der Waals surface area contributed by atoms with Crippen LogP contribution in [-0.4, -0.2) is 41.3 Å². The molecule has 0 aromatic carbocycles. The van der Waals surface area contributed by atoms with E-state index in [9.17, 15) is 0 Å². The number of nitrogens with zero attached hydrogens (tertiary/aromatic N) is 4. The Balaban J connectivity index is 1.70. The summed E-state index contributed by atoms with van der Waals surface area (Å²) in [5, 5.41) is 0. The van der Waals surface area contributed by atoms with Crippen molar-refractivity contribution in [1.29, 1.82) is 0 Å². The van der Waals surface area contributed by atoms with Crippen LogP contribution in [0.15, 0.2) is 24.4 Å². The highest BCUT2D eigenvalue weighted by molar-refractivity contribution is 5.41. The van der Waals surface area contributed by atoms with E-state index in [-0.39, 0.29) is 11.5 Å². The van der Waals surface area contributed by atoms with Gasteiger partial charge in [0, 0.05) is 56.3 Å². The summed E-state index contributed by atoms with van der Waals surface area (Å²) in [5.74, 6) is 2.58. The van der Waals surface area contributed by atoms with Crippen molar-refractivity contribution in [1.82, 2.24) is 15.0 Å². The molecule has 2 aromatic heterocycles. The molecule has 3 rings (SSSR count). The molecular formula is C21H30N4O2. The third-order valence-electron chi connectivity index (χ3n) is 4.73. The van der Waals surface area contributed by atoms with Crippen LogP contribution in [0.25, 0.3) is 0 Å². The molecule has 0 saturated carbocycles. The van der Waals surface area contributed by atoms with Crippen LogP contribution in [0.4, 0.5) is 5.82 Å². The fourth-order valence-corrected chi connectivity index (χ4v) is 3.16. The quantitative estimate of drug-likeness (QED) is 0.800. The van der Waals surface area contributed by atoms with Crippen molar-refractivity contribution in [3.63, 3.8) is 0 Å². The highest BCUT2D eigenvalue weighted by Crippen LogP contribution is 2.26. The number of rotatable bonds is 5. The van der Waals surface area contributed by atoms with Crippen LogP contribution in [-0.2, 0) is 16.8 Å². The van der Waals surface area contributed by atoms with Gasteiger partial charge in [0.05, 0.1) is 12.3 Å². The van der Waals surface area contributed by atoms with E-state index in [1.165, 1.54) is 0 Å². The predicted molar refractivity (Wildman–Crippen MR) is 106 cm³/mol. The summed E-state index contributed by atoms with van der Waals surface area (Å²) >= 11 is 0. The minimum absolute atomic E-state index is 0.101. The van der Waals surface area contributed by atoms with Crippen LogP contribution < -0.4 is 9.64 Å². The lowest BCUT2D eigenvalue weighted by Gasteiger charge is -2.33. The number of ether oxygens (including phenoxy) is 2. The average Bonchev–Trinajstić information content (AvgIpc) is 2.63. The summed E-state index contributed by atoms with van der Waals surface area (Å²) in [6.45, 7) is 10.8. The summed E-state index contributed by atoms with van der Waals surface area (Å²) in [6.07, 6.45) is 3.87. The lowest BCUT2D eigenvalue weighted by Crippen LogP contribution is -2.39. The summed E-state index contributed by atoms with van der Waals surface area (Å²) in [7, 11) is 1.70.